The van der Waals surface area contributed by atoms with Crippen molar-refractivity contribution >= 4 is 0 Å². The normalized spacial score (nSPS) is 20.9. The molecule has 0 aromatic rings. The Labute approximate surface area is 77.7 Å². The molecular weight excluding hydrogens is 172 g/mol. The summed E-state index contributed by atoms with van der Waals surface area (Å²) in [5, 5.41) is 0. The van der Waals surface area contributed by atoms with Gasteiger partial charge in [-0.15, -0.1) is 0 Å². The Morgan fingerprint density at radius 2 is 1.31 bits per heavy atom. The predicted octanol–water partition coefficient (Wildman–Crippen LogP) is 1.05. The third-order valence-corrected chi connectivity index (χ3v) is 1.32. The number of rotatable bonds is 0. The summed E-state index contributed by atoms with van der Waals surface area (Å²) in [6.07, 6.45) is 7.37. The van der Waals surface area contributed by atoms with E-state index in [0.717, 1.165) is 0 Å². The van der Waals surface area contributed by atoms with Gasteiger partial charge in [0.15, 0.2) is 6.79 Å². The van der Waals surface area contributed by atoms with Crippen LogP contribution in [-0.2, 0) is 18.9 Å². The summed E-state index contributed by atoms with van der Waals surface area (Å²) in [6, 6.07) is 0. The van der Waals surface area contributed by atoms with Crippen LogP contribution in [0.5, 0.6) is 0 Å². The van der Waals surface area contributed by atoms with E-state index in [1.165, 1.54) is 0 Å². The minimum atomic E-state index is 0.413. The summed E-state index contributed by atoms with van der Waals surface area (Å²) in [5.74, 6) is 0. The highest BCUT2D eigenvalue weighted by atomic mass is 16.7. The van der Waals surface area contributed by atoms with Gasteiger partial charge in [0, 0.05) is 0 Å². The Hall–Kier alpha value is -0.840. The van der Waals surface area contributed by atoms with Gasteiger partial charge in [-0.25, -0.2) is 0 Å². The molecule has 4 heteroatoms. The van der Waals surface area contributed by atoms with Crippen LogP contribution in [0.2, 0.25) is 0 Å². The fourth-order valence-electron chi connectivity index (χ4n) is 0.738. The Morgan fingerprint density at radius 3 is 1.69 bits per heavy atom. The first-order valence-electron chi connectivity index (χ1n) is 4.15. The molecule has 13 heavy (non-hydrogen) atoms. The summed E-state index contributed by atoms with van der Waals surface area (Å²) in [5.41, 5.74) is 0. The zero-order chi connectivity index (χ0) is 9.19. The average Bonchev–Trinajstić information content (AvgIpc) is 2.53. The van der Waals surface area contributed by atoms with Gasteiger partial charge < -0.3 is 18.9 Å². The maximum absolute atomic E-state index is 4.89. The molecule has 2 heterocycles. The molecule has 0 fully saturated rings. The summed E-state index contributed by atoms with van der Waals surface area (Å²) >= 11 is 0. The molecule has 0 bridgehead atoms. The molecule has 74 valence electrons. The second-order valence-corrected chi connectivity index (χ2v) is 2.36. The molecule has 0 spiro atoms. The highest BCUT2D eigenvalue weighted by Gasteiger charge is 1.86. The van der Waals surface area contributed by atoms with Gasteiger partial charge in [-0.1, -0.05) is 12.2 Å². The third kappa shape index (κ3) is 6.33. The van der Waals surface area contributed by atoms with Crippen LogP contribution in [0.4, 0.5) is 0 Å². The molecule has 0 saturated carbocycles. The van der Waals surface area contributed by atoms with E-state index in [9.17, 15) is 0 Å². The lowest BCUT2D eigenvalue weighted by Crippen LogP contribution is -1.99. The van der Waals surface area contributed by atoms with Crippen LogP contribution in [-0.4, -0.2) is 33.4 Å². The zero-order valence-corrected chi connectivity index (χ0v) is 7.48. The molecule has 2 aliphatic rings. The fourth-order valence-corrected chi connectivity index (χ4v) is 0.738. The Bertz CT molecular complexity index is 149. The number of hydrogen-bond donors (Lipinski definition) is 0. The number of ether oxygens (including phenoxy) is 4. The van der Waals surface area contributed by atoms with E-state index in [4.69, 9.17) is 14.2 Å². The van der Waals surface area contributed by atoms with E-state index in [2.05, 4.69) is 4.74 Å². The summed E-state index contributed by atoms with van der Waals surface area (Å²) in [6.45, 7) is 2.93. The van der Waals surface area contributed by atoms with Gasteiger partial charge >= 0.3 is 0 Å². The van der Waals surface area contributed by atoms with Gasteiger partial charge in [0.1, 0.15) is 6.79 Å². The van der Waals surface area contributed by atoms with Crippen LogP contribution < -0.4 is 0 Å². The van der Waals surface area contributed by atoms with E-state index in [-0.39, 0.29) is 0 Å². The van der Waals surface area contributed by atoms with Gasteiger partial charge in [-0.2, -0.15) is 0 Å². The van der Waals surface area contributed by atoms with Crippen molar-refractivity contribution in [3.8, 4) is 0 Å². The van der Waals surface area contributed by atoms with E-state index >= 15 is 0 Å². The highest BCUT2D eigenvalue weighted by Crippen LogP contribution is 1.87. The molecule has 0 amide bonds. The molecule has 0 atom stereocenters. The lowest BCUT2D eigenvalue weighted by Gasteiger charge is -2.03. The predicted molar refractivity (Wildman–Crippen MR) is 47.0 cm³/mol. The van der Waals surface area contributed by atoms with Crippen molar-refractivity contribution in [2.75, 3.05) is 33.4 Å². The maximum Gasteiger partial charge on any atom is 0.188 e. The van der Waals surface area contributed by atoms with Crippen LogP contribution in [0.15, 0.2) is 24.5 Å². The molecule has 0 N–H and O–H groups in total. The van der Waals surface area contributed by atoms with Crippen molar-refractivity contribution in [2.24, 2.45) is 0 Å². The van der Waals surface area contributed by atoms with Crippen LogP contribution in [0.3, 0.4) is 0 Å². The fraction of sp³-hybridized carbons (Fsp3) is 0.556. The second kappa shape index (κ2) is 7.79. The molecule has 2 aliphatic heterocycles. The van der Waals surface area contributed by atoms with Gasteiger partial charge in [0.25, 0.3) is 0 Å². The monoisotopic (exact) mass is 186 g/mol. The van der Waals surface area contributed by atoms with Gasteiger partial charge in [0.2, 0.25) is 0 Å². The van der Waals surface area contributed by atoms with Crippen molar-refractivity contribution in [3.63, 3.8) is 0 Å². The third-order valence-electron chi connectivity index (χ3n) is 1.32. The molecule has 0 aromatic carbocycles. The van der Waals surface area contributed by atoms with Gasteiger partial charge in [-0.3, -0.25) is 0 Å². The van der Waals surface area contributed by atoms with Crippen molar-refractivity contribution < 1.29 is 18.9 Å². The topological polar surface area (TPSA) is 36.9 Å². The Kier molecular flexibility index (Phi) is 6.14. The summed E-state index contributed by atoms with van der Waals surface area (Å²) in [7, 11) is 0. The lowest BCUT2D eigenvalue weighted by atomic mass is 10.5. The summed E-state index contributed by atoms with van der Waals surface area (Å²) < 4.78 is 19.2. The quantitative estimate of drug-likeness (QED) is 0.530. The molecule has 0 aromatic heterocycles. The van der Waals surface area contributed by atoms with Gasteiger partial charge in [-0.05, 0) is 6.08 Å². The first kappa shape index (κ1) is 10.2. The highest BCUT2D eigenvalue weighted by molar-refractivity contribution is 4.81. The molecule has 0 aliphatic carbocycles. The second-order valence-electron chi connectivity index (χ2n) is 2.36. The van der Waals surface area contributed by atoms with Crippen LogP contribution in [0, 0.1) is 0 Å². The van der Waals surface area contributed by atoms with Crippen molar-refractivity contribution in [3.05, 3.63) is 24.5 Å². The average molecular weight is 186 g/mol. The summed E-state index contributed by atoms with van der Waals surface area (Å²) in [4.78, 5) is 0. The zero-order valence-electron chi connectivity index (χ0n) is 7.48. The van der Waals surface area contributed by atoms with Crippen LogP contribution in [0.1, 0.15) is 0 Å². The van der Waals surface area contributed by atoms with Crippen molar-refractivity contribution in [1.82, 2.24) is 0 Å². The molecule has 4 nitrogen and oxygen atoms in total. The van der Waals surface area contributed by atoms with E-state index in [0.29, 0.717) is 33.4 Å². The van der Waals surface area contributed by atoms with Crippen molar-refractivity contribution in [2.45, 2.75) is 0 Å². The Morgan fingerprint density at radius 1 is 0.692 bits per heavy atom. The first-order chi connectivity index (χ1) is 6.50. The minimum absolute atomic E-state index is 0.413. The van der Waals surface area contributed by atoms with Crippen molar-refractivity contribution in [1.29, 1.82) is 0 Å². The molecule has 0 unspecified atom stereocenters. The minimum Gasteiger partial charge on any atom is -0.475 e. The van der Waals surface area contributed by atoms with Crippen LogP contribution in [0.25, 0.3) is 0 Å². The Balaban J connectivity index is 0.000000132. The molecule has 2 rings (SSSR count). The maximum atomic E-state index is 4.89. The SMILES string of the molecule is C1=CCOCOC1.C1=COCOC1. The first-order valence-corrected chi connectivity index (χ1v) is 4.15. The van der Waals surface area contributed by atoms with Crippen LogP contribution >= 0.6 is 0 Å². The smallest absolute Gasteiger partial charge is 0.188 e. The van der Waals surface area contributed by atoms with E-state index < -0.39 is 0 Å². The van der Waals surface area contributed by atoms with Gasteiger partial charge in [0.05, 0.1) is 26.1 Å². The van der Waals surface area contributed by atoms with E-state index in [1.54, 1.807) is 6.26 Å². The molecule has 0 saturated heterocycles. The van der Waals surface area contributed by atoms with E-state index in [1.807, 2.05) is 18.2 Å². The molecular formula is C9H14O4. The molecule has 0 radical (unpaired) electrons. The largest absolute Gasteiger partial charge is 0.475 e. The number of hydrogen-bond acceptors (Lipinski definition) is 4. The standard InChI is InChI=1S/C5H8O2.C4H6O2/c1-2-4-7-5-6-3-1;1-2-5-4-6-3-1/h1-2H,3-5H2;1-2H,3-4H2. The lowest BCUT2D eigenvalue weighted by molar-refractivity contribution is -0.0265.